The summed E-state index contributed by atoms with van der Waals surface area (Å²) in [6.45, 7) is 5.26. The van der Waals surface area contributed by atoms with Gasteiger partial charge in [0.1, 0.15) is 22.7 Å². The molecule has 0 saturated heterocycles. The zero-order valence-corrected chi connectivity index (χ0v) is 22.6. The average Bonchev–Trinajstić information content (AvgIpc) is 3.47. The molecule has 38 heavy (non-hydrogen) atoms. The van der Waals surface area contributed by atoms with Gasteiger partial charge in [-0.25, -0.2) is 14.4 Å². The molecular formula is C27H34N4O6S. The van der Waals surface area contributed by atoms with Gasteiger partial charge in [0, 0.05) is 4.88 Å². The molecule has 1 aromatic heterocycles. The Bertz CT molecular complexity index is 1190. The van der Waals surface area contributed by atoms with Crippen molar-refractivity contribution in [2.45, 2.75) is 70.6 Å². The zero-order chi connectivity index (χ0) is 27.9. The molecule has 1 aromatic carbocycles. The summed E-state index contributed by atoms with van der Waals surface area (Å²) in [4.78, 5) is 48.8. The largest absolute Gasteiger partial charge is 0.461 e. The highest BCUT2D eigenvalue weighted by atomic mass is 32.1. The normalized spacial score (nSPS) is 14.7. The summed E-state index contributed by atoms with van der Waals surface area (Å²) < 4.78 is 10.9. The van der Waals surface area contributed by atoms with Crippen molar-refractivity contribution in [3.63, 3.8) is 0 Å². The second kappa shape index (κ2) is 12.6. The van der Waals surface area contributed by atoms with Crippen LogP contribution in [-0.4, -0.2) is 41.7 Å². The molecule has 1 atom stereocenters. The minimum Gasteiger partial charge on any atom is -0.461 e. The van der Waals surface area contributed by atoms with E-state index in [1.165, 1.54) is 11.3 Å². The zero-order valence-electron chi connectivity index (χ0n) is 21.7. The molecule has 1 fully saturated rings. The number of urea groups is 1. The van der Waals surface area contributed by atoms with Gasteiger partial charge in [-0.15, -0.1) is 11.3 Å². The number of anilines is 1. The maximum absolute atomic E-state index is 12.8. The fourth-order valence-corrected chi connectivity index (χ4v) is 5.01. The van der Waals surface area contributed by atoms with Crippen LogP contribution in [0.2, 0.25) is 0 Å². The minimum absolute atomic E-state index is 0.118. The number of alkyl carbamates (subject to hydrolysis) is 1. The van der Waals surface area contributed by atoms with E-state index in [4.69, 9.17) is 20.9 Å². The van der Waals surface area contributed by atoms with Crippen LogP contribution in [0.4, 0.5) is 14.6 Å². The molecule has 0 unspecified atom stereocenters. The maximum atomic E-state index is 12.8. The van der Waals surface area contributed by atoms with Crippen molar-refractivity contribution in [3.8, 4) is 10.4 Å². The lowest BCUT2D eigenvalue weighted by atomic mass is 10.1. The molecule has 2 aromatic rings. The monoisotopic (exact) mass is 542 g/mol. The van der Waals surface area contributed by atoms with Crippen LogP contribution in [0.5, 0.6) is 0 Å². The molecule has 0 spiro atoms. The summed E-state index contributed by atoms with van der Waals surface area (Å²) in [5, 5.41) is 5.34. The number of ether oxygens (including phenoxy) is 2. The number of hydrogen-bond acceptors (Lipinski definition) is 7. The first-order chi connectivity index (χ1) is 17.9. The number of amides is 4. The number of thiophene rings is 1. The van der Waals surface area contributed by atoms with Gasteiger partial charge in [0.15, 0.2) is 0 Å². The first-order valence-electron chi connectivity index (χ1n) is 12.4. The Morgan fingerprint density at radius 2 is 1.76 bits per heavy atom. The molecule has 1 heterocycles. The Morgan fingerprint density at radius 3 is 2.34 bits per heavy atom. The third-order valence-corrected chi connectivity index (χ3v) is 6.77. The van der Waals surface area contributed by atoms with E-state index < -0.39 is 35.6 Å². The average molecular weight is 543 g/mol. The SMILES string of the molecule is CC(C)(C)OC(=O)N[C@@H](C/C=C/c1ccc(-c2cc(C(N)=O)c(NC(N)=O)s2)cc1)C(=O)OC1CCCC1. The van der Waals surface area contributed by atoms with Crippen molar-refractivity contribution in [1.29, 1.82) is 0 Å². The summed E-state index contributed by atoms with van der Waals surface area (Å²) in [6, 6.07) is 7.38. The fraction of sp³-hybridized carbons (Fsp3) is 0.407. The molecule has 0 radical (unpaired) electrons. The summed E-state index contributed by atoms with van der Waals surface area (Å²) >= 11 is 1.19. The highest BCUT2D eigenvalue weighted by Gasteiger charge is 2.28. The lowest BCUT2D eigenvalue weighted by molar-refractivity contribution is -0.151. The number of primary amides is 2. The Morgan fingerprint density at radius 1 is 1.11 bits per heavy atom. The summed E-state index contributed by atoms with van der Waals surface area (Å²) in [5.74, 6) is -1.15. The molecule has 1 aliphatic rings. The number of carbonyl (C=O) groups excluding carboxylic acids is 4. The van der Waals surface area contributed by atoms with Crippen LogP contribution in [0.25, 0.3) is 16.5 Å². The first-order valence-corrected chi connectivity index (χ1v) is 13.2. The molecule has 0 bridgehead atoms. The molecule has 6 N–H and O–H groups in total. The van der Waals surface area contributed by atoms with E-state index in [0.29, 0.717) is 0 Å². The summed E-state index contributed by atoms with van der Waals surface area (Å²) in [7, 11) is 0. The third-order valence-electron chi connectivity index (χ3n) is 5.67. The van der Waals surface area contributed by atoms with Gasteiger partial charge >= 0.3 is 18.1 Å². The Balaban J connectivity index is 1.68. The molecule has 3 rings (SSSR count). The number of rotatable bonds is 9. The number of nitrogens with two attached hydrogens (primary N) is 2. The van der Waals surface area contributed by atoms with Crippen LogP contribution in [0.1, 0.15) is 68.8 Å². The predicted molar refractivity (Wildman–Crippen MR) is 147 cm³/mol. The topological polar surface area (TPSA) is 163 Å². The number of carbonyl (C=O) groups is 4. The predicted octanol–water partition coefficient (Wildman–Crippen LogP) is 4.79. The molecule has 1 aliphatic carbocycles. The standard InChI is InChI=1S/C27H34N4O6S/c1-27(2,3)37-26(35)30-20(24(33)36-18-8-4-5-9-18)10-6-7-16-11-13-17(14-12-16)21-15-19(22(28)32)23(38-21)31-25(29)34/h6-7,11-15,18,20H,4-5,8-10H2,1-3H3,(H2,28,32)(H,30,35)(H3,29,31,34)/b7-6+/t20-/m0/s1. The van der Waals surface area contributed by atoms with Gasteiger partial charge in [-0.1, -0.05) is 36.4 Å². The van der Waals surface area contributed by atoms with E-state index in [2.05, 4.69) is 10.6 Å². The Kier molecular flexibility index (Phi) is 9.51. The van der Waals surface area contributed by atoms with Crippen molar-refractivity contribution < 1.29 is 28.7 Å². The van der Waals surface area contributed by atoms with Crippen molar-refractivity contribution >= 4 is 46.4 Å². The van der Waals surface area contributed by atoms with E-state index in [9.17, 15) is 19.2 Å². The molecule has 0 aliphatic heterocycles. The van der Waals surface area contributed by atoms with Gasteiger partial charge < -0.3 is 26.3 Å². The van der Waals surface area contributed by atoms with Gasteiger partial charge in [-0.05, 0) is 70.1 Å². The van der Waals surface area contributed by atoms with Crippen LogP contribution >= 0.6 is 11.3 Å². The van der Waals surface area contributed by atoms with E-state index in [1.54, 1.807) is 32.9 Å². The summed E-state index contributed by atoms with van der Waals surface area (Å²) in [6.07, 6.45) is 6.76. The highest BCUT2D eigenvalue weighted by Crippen LogP contribution is 2.35. The quantitative estimate of drug-likeness (QED) is 0.333. The minimum atomic E-state index is -0.879. The van der Waals surface area contributed by atoms with Crippen LogP contribution in [0.3, 0.4) is 0 Å². The van der Waals surface area contributed by atoms with Crippen LogP contribution in [0, 0.1) is 0 Å². The van der Waals surface area contributed by atoms with Crippen molar-refractivity contribution in [1.82, 2.24) is 5.32 Å². The highest BCUT2D eigenvalue weighted by molar-refractivity contribution is 7.20. The molecule has 1 saturated carbocycles. The van der Waals surface area contributed by atoms with Gasteiger partial charge in [-0.2, -0.15) is 0 Å². The smallest absolute Gasteiger partial charge is 0.408 e. The molecule has 10 nitrogen and oxygen atoms in total. The fourth-order valence-electron chi connectivity index (χ4n) is 3.94. The third kappa shape index (κ3) is 8.62. The van der Waals surface area contributed by atoms with Crippen LogP contribution < -0.4 is 22.1 Å². The van der Waals surface area contributed by atoms with E-state index >= 15 is 0 Å². The Hall–Kier alpha value is -3.86. The number of esters is 1. The van der Waals surface area contributed by atoms with Crippen LogP contribution in [-0.2, 0) is 14.3 Å². The van der Waals surface area contributed by atoms with E-state index in [0.717, 1.165) is 41.7 Å². The second-order valence-electron chi connectivity index (χ2n) is 10.0. The number of hydrogen-bond donors (Lipinski definition) is 4. The van der Waals surface area contributed by atoms with Crippen molar-refractivity contribution in [3.05, 3.63) is 47.5 Å². The lowest BCUT2D eigenvalue weighted by Gasteiger charge is -2.23. The van der Waals surface area contributed by atoms with Crippen LogP contribution in [0.15, 0.2) is 36.4 Å². The van der Waals surface area contributed by atoms with Gasteiger partial charge in [0.05, 0.1) is 5.56 Å². The van der Waals surface area contributed by atoms with Gasteiger partial charge in [0.2, 0.25) is 0 Å². The van der Waals surface area contributed by atoms with Gasteiger partial charge in [-0.3, -0.25) is 10.1 Å². The van der Waals surface area contributed by atoms with Gasteiger partial charge in [0.25, 0.3) is 5.91 Å². The molecule has 4 amide bonds. The second-order valence-corrected chi connectivity index (χ2v) is 11.1. The summed E-state index contributed by atoms with van der Waals surface area (Å²) in [5.41, 5.74) is 11.8. The van der Waals surface area contributed by atoms with Crippen molar-refractivity contribution in [2.75, 3.05) is 5.32 Å². The lowest BCUT2D eigenvalue weighted by Crippen LogP contribution is -2.44. The molecule has 11 heteroatoms. The van der Waals surface area contributed by atoms with E-state index in [-0.39, 0.29) is 23.1 Å². The molecular weight excluding hydrogens is 508 g/mol. The Labute approximate surface area is 225 Å². The number of benzene rings is 1. The number of nitrogens with one attached hydrogen (secondary N) is 2. The molecule has 204 valence electrons. The van der Waals surface area contributed by atoms with Crippen molar-refractivity contribution in [2.24, 2.45) is 11.5 Å². The maximum Gasteiger partial charge on any atom is 0.408 e. The first kappa shape index (κ1) is 28.7. The van der Waals surface area contributed by atoms with E-state index in [1.807, 2.05) is 30.3 Å².